The molecule has 106 valence electrons. The molecule has 0 aliphatic rings. The number of hydrogen-bond acceptors (Lipinski definition) is 4. The highest BCUT2D eigenvalue weighted by Gasteiger charge is 2.13. The van der Waals surface area contributed by atoms with Crippen molar-refractivity contribution in [2.45, 2.75) is 45.8 Å². The van der Waals surface area contributed by atoms with E-state index in [2.05, 4.69) is 0 Å². The van der Waals surface area contributed by atoms with Gasteiger partial charge in [0.25, 0.3) is 0 Å². The van der Waals surface area contributed by atoms with Gasteiger partial charge in [-0.2, -0.15) is 0 Å². The monoisotopic (exact) mass is 266 g/mol. The number of aromatic hydroxyl groups is 1. The zero-order valence-corrected chi connectivity index (χ0v) is 11.8. The minimum Gasteiger partial charge on any atom is -0.508 e. The Hall–Kier alpha value is -1.55. The van der Waals surface area contributed by atoms with Gasteiger partial charge in [0, 0.05) is 6.61 Å². The van der Waals surface area contributed by atoms with Crippen molar-refractivity contribution in [2.24, 2.45) is 0 Å². The smallest absolute Gasteiger partial charge is 0.338 e. The van der Waals surface area contributed by atoms with Crippen LogP contribution in [0, 0.1) is 0 Å². The quantitative estimate of drug-likeness (QED) is 0.770. The Morgan fingerprint density at radius 2 is 1.74 bits per heavy atom. The lowest BCUT2D eigenvalue weighted by Crippen LogP contribution is -2.18. The first-order valence-electron chi connectivity index (χ1n) is 6.64. The number of carbonyl (C=O) groups is 1. The predicted molar refractivity (Wildman–Crippen MR) is 73.3 cm³/mol. The molecule has 0 aliphatic heterocycles. The van der Waals surface area contributed by atoms with Crippen LogP contribution in [-0.2, 0) is 9.47 Å². The fourth-order valence-electron chi connectivity index (χ4n) is 1.74. The molecular weight excluding hydrogens is 244 g/mol. The van der Waals surface area contributed by atoms with E-state index in [0.29, 0.717) is 12.2 Å². The van der Waals surface area contributed by atoms with Crippen LogP contribution in [0.1, 0.15) is 44.0 Å². The Labute approximate surface area is 114 Å². The summed E-state index contributed by atoms with van der Waals surface area (Å²) in [5, 5.41) is 9.15. The van der Waals surface area contributed by atoms with Crippen LogP contribution in [0.3, 0.4) is 0 Å². The van der Waals surface area contributed by atoms with Crippen LogP contribution in [0.15, 0.2) is 24.3 Å². The van der Waals surface area contributed by atoms with Crippen molar-refractivity contribution in [1.29, 1.82) is 0 Å². The summed E-state index contributed by atoms with van der Waals surface area (Å²) in [6, 6.07) is 6.04. The summed E-state index contributed by atoms with van der Waals surface area (Å²) in [7, 11) is 0. The number of phenolic OH excluding ortho intramolecular Hbond substituents is 1. The minimum atomic E-state index is -0.364. The van der Waals surface area contributed by atoms with Gasteiger partial charge in [0.05, 0.1) is 17.8 Å². The number of rotatable bonds is 7. The molecule has 0 spiro atoms. The first-order chi connectivity index (χ1) is 9.02. The molecule has 0 radical (unpaired) electrons. The van der Waals surface area contributed by atoms with Gasteiger partial charge in [0.1, 0.15) is 5.75 Å². The summed E-state index contributed by atoms with van der Waals surface area (Å²) in [4.78, 5) is 11.8. The van der Waals surface area contributed by atoms with E-state index in [4.69, 9.17) is 14.6 Å². The van der Waals surface area contributed by atoms with E-state index in [0.717, 1.165) is 12.8 Å². The summed E-state index contributed by atoms with van der Waals surface area (Å²) in [6.45, 7) is 6.54. The van der Waals surface area contributed by atoms with E-state index in [-0.39, 0.29) is 23.9 Å². The Bertz CT molecular complexity index is 386. The van der Waals surface area contributed by atoms with E-state index >= 15 is 0 Å². The Balaban J connectivity index is 2.37. The second-order valence-corrected chi connectivity index (χ2v) is 4.61. The number of ether oxygens (including phenoxy) is 2. The molecule has 19 heavy (non-hydrogen) atoms. The van der Waals surface area contributed by atoms with E-state index < -0.39 is 0 Å². The molecule has 0 amide bonds. The predicted octanol–water partition coefficient (Wildman–Crippen LogP) is 3.14. The number of benzene rings is 1. The lowest BCUT2D eigenvalue weighted by atomic mass is 10.1. The van der Waals surface area contributed by atoms with Gasteiger partial charge in [-0.1, -0.05) is 0 Å². The first kappa shape index (κ1) is 15.5. The van der Waals surface area contributed by atoms with Crippen molar-refractivity contribution < 1.29 is 19.4 Å². The minimum absolute atomic E-state index is 0.134. The van der Waals surface area contributed by atoms with Gasteiger partial charge in [-0.25, -0.2) is 4.79 Å². The number of esters is 1. The van der Waals surface area contributed by atoms with Crippen LogP contribution in [-0.4, -0.2) is 29.9 Å². The van der Waals surface area contributed by atoms with Crippen molar-refractivity contribution in [2.75, 3.05) is 6.61 Å². The summed E-state index contributed by atoms with van der Waals surface area (Å²) in [5.41, 5.74) is 0.447. The van der Waals surface area contributed by atoms with E-state index in [1.807, 2.05) is 20.8 Å². The molecule has 4 nitrogen and oxygen atoms in total. The van der Waals surface area contributed by atoms with Gasteiger partial charge in [-0.15, -0.1) is 0 Å². The zero-order chi connectivity index (χ0) is 14.3. The molecule has 0 saturated heterocycles. The summed E-state index contributed by atoms with van der Waals surface area (Å²) < 4.78 is 10.8. The molecule has 4 heteroatoms. The second kappa shape index (κ2) is 7.79. The van der Waals surface area contributed by atoms with E-state index in [1.165, 1.54) is 12.1 Å². The molecular formula is C15H22O4. The highest BCUT2D eigenvalue weighted by Crippen LogP contribution is 2.13. The van der Waals surface area contributed by atoms with Crippen LogP contribution in [0.25, 0.3) is 0 Å². The third kappa shape index (κ3) is 5.75. The fourth-order valence-corrected chi connectivity index (χ4v) is 1.74. The first-order valence-corrected chi connectivity index (χ1v) is 6.64. The molecule has 0 unspecified atom stereocenters. The van der Waals surface area contributed by atoms with Crippen LogP contribution >= 0.6 is 0 Å². The number of phenols is 1. The Morgan fingerprint density at radius 1 is 1.16 bits per heavy atom. The summed E-state index contributed by atoms with van der Waals surface area (Å²) in [6.07, 6.45) is 1.66. The van der Waals surface area contributed by atoms with Crippen LogP contribution in [0.4, 0.5) is 0 Å². The van der Waals surface area contributed by atoms with Crippen molar-refractivity contribution in [1.82, 2.24) is 0 Å². The number of hydrogen-bond donors (Lipinski definition) is 1. The zero-order valence-electron chi connectivity index (χ0n) is 11.8. The normalized spacial score (nSPS) is 13.8. The lowest BCUT2D eigenvalue weighted by molar-refractivity contribution is 0.0227. The van der Waals surface area contributed by atoms with E-state index in [1.54, 1.807) is 12.1 Å². The van der Waals surface area contributed by atoms with Gasteiger partial charge in [0.15, 0.2) is 0 Å². The van der Waals surface area contributed by atoms with Gasteiger partial charge in [-0.3, -0.25) is 0 Å². The topological polar surface area (TPSA) is 55.8 Å². The molecule has 0 bridgehead atoms. The second-order valence-electron chi connectivity index (χ2n) is 4.61. The van der Waals surface area contributed by atoms with Gasteiger partial charge >= 0.3 is 5.97 Å². The van der Waals surface area contributed by atoms with Gasteiger partial charge < -0.3 is 14.6 Å². The Morgan fingerprint density at radius 3 is 2.32 bits per heavy atom. The van der Waals surface area contributed by atoms with Crippen molar-refractivity contribution in [3.63, 3.8) is 0 Å². The number of carbonyl (C=O) groups excluding carboxylic acids is 1. The Kier molecular flexibility index (Phi) is 6.36. The summed E-state index contributed by atoms with van der Waals surface area (Å²) in [5.74, 6) is -0.230. The molecule has 0 aromatic heterocycles. The largest absolute Gasteiger partial charge is 0.508 e. The van der Waals surface area contributed by atoms with Gasteiger partial charge in [0.2, 0.25) is 0 Å². The highest BCUT2D eigenvalue weighted by molar-refractivity contribution is 5.89. The van der Waals surface area contributed by atoms with Crippen LogP contribution in [0.5, 0.6) is 5.75 Å². The maximum Gasteiger partial charge on any atom is 0.338 e. The molecule has 1 rings (SSSR count). The highest BCUT2D eigenvalue weighted by atomic mass is 16.5. The average Bonchev–Trinajstić information content (AvgIpc) is 2.37. The molecule has 0 saturated carbocycles. The van der Waals surface area contributed by atoms with Crippen LogP contribution < -0.4 is 0 Å². The molecule has 1 aromatic carbocycles. The fraction of sp³-hybridized carbons (Fsp3) is 0.533. The van der Waals surface area contributed by atoms with Crippen molar-refractivity contribution in [3.05, 3.63) is 29.8 Å². The molecule has 2 atom stereocenters. The third-order valence-electron chi connectivity index (χ3n) is 2.84. The SMILES string of the molecule is CCO[C@@H](C)CC[C@H](C)OC(=O)c1ccc(O)cc1. The van der Waals surface area contributed by atoms with Crippen molar-refractivity contribution in [3.8, 4) is 5.75 Å². The van der Waals surface area contributed by atoms with Crippen LogP contribution in [0.2, 0.25) is 0 Å². The molecule has 0 heterocycles. The molecule has 1 aromatic rings. The molecule has 1 N–H and O–H groups in total. The maximum atomic E-state index is 11.8. The average molecular weight is 266 g/mol. The maximum absolute atomic E-state index is 11.8. The van der Waals surface area contributed by atoms with E-state index in [9.17, 15) is 4.79 Å². The van der Waals surface area contributed by atoms with Gasteiger partial charge in [-0.05, 0) is 57.9 Å². The molecule has 0 fully saturated rings. The van der Waals surface area contributed by atoms with Crippen molar-refractivity contribution >= 4 is 5.97 Å². The standard InChI is InChI=1S/C15H22O4/c1-4-18-11(2)5-6-12(3)19-15(17)13-7-9-14(16)10-8-13/h7-12,16H,4-6H2,1-3H3/t11-,12-/m0/s1. The summed E-state index contributed by atoms with van der Waals surface area (Å²) >= 11 is 0. The lowest BCUT2D eigenvalue weighted by Gasteiger charge is -2.16. The third-order valence-corrected chi connectivity index (χ3v) is 2.84. The molecule has 0 aliphatic carbocycles.